The number of nitrogens with zero attached hydrogens (tertiary/aromatic N) is 1. The smallest absolute Gasteiger partial charge is 0.364 e. The lowest BCUT2D eigenvalue weighted by atomic mass is 9.94. The van der Waals surface area contributed by atoms with E-state index in [-0.39, 0.29) is 17.7 Å². The Hall–Kier alpha value is -3.25. The minimum atomic E-state index is -4.58. The molecule has 0 aliphatic rings. The van der Waals surface area contributed by atoms with Crippen LogP contribution in [0.3, 0.4) is 0 Å². The van der Waals surface area contributed by atoms with Crippen LogP contribution in [0, 0.1) is 5.82 Å². The lowest BCUT2D eigenvalue weighted by molar-refractivity contribution is -0.139. The van der Waals surface area contributed by atoms with Crippen molar-refractivity contribution in [1.82, 2.24) is 4.98 Å². The second kappa shape index (κ2) is 8.24. The van der Waals surface area contributed by atoms with Crippen LogP contribution in [-0.2, 0) is 17.5 Å². The Labute approximate surface area is 170 Å². The molecule has 0 radical (unpaired) electrons. The van der Waals surface area contributed by atoms with Gasteiger partial charge < -0.3 is 4.74 Å². The average Bonchev–Trinajstić information content (AvgIpc) is 2.75. The fourth-order valence-electron chi connectivity index (χ4n) is 3.49. The van der Waals surface area contributed by atoms with Crippen molar-refractivity contribution < 1.29 is 22.3 Å². The van der Waals surface area contributed by atoms with Crippen LogP contribution < -0.4 is 0 Å². The van der Waals surface area contributed by atoms with Gasteiger partial charge in [-0.1, -0.05) is 60.7 Å². The number of aromatic nitrogens is 1. The SMILES string of the molecule is Fc1ccccc1COC(c1cnccc1C(F)(F)F)c1cccc2ccccc12. The van der Waals surface area contributed by atoms with Crippen molar-refractivity contribution in [2.24, 2.45) is 0 Å². The van der Waals surface area contributed by atoms with E-state index in [2.05, 4.69) is 4.98 Å². The fraction of sp³-hybridized carbons (Fsp3) is 0.125. The fourth-order valence-corrected chi connectivity index (χ4v) is 3.49. The van der Waals surface area contributed by atoms with Crippen molar-refractivity contribution in [3.8, 4) is 0 Å². The first-order chi connectivity index (χ1) is 14.4. The molecule has 1 heterocycles. The van der Waals surface area contributed by atoms with E-state index in [9.17, 15) is 17.6 Å². The maximum absolute atomic E-state index is 14.1. The summed E-state index contributed by atoms with van der Waals surface area (Å²) in [5, 5.41) is 1.63. The molecule has 1 aromatic heterocycles. The van der Waals surface area contributed by atoms with Crippen LogP contribution in [0.4, 0.5) is 17.6 Å². The zero-order valence-electron chi connectivity index (χ0n) is 15.7. The summed E-state index contributed by atoms with van der Waals surface area (Å²) >= 11 is 0. The molecule has 0 saturated heterocycles. The van der Waals surface area contributed by atoms with Crippen molar-refractivity contribution >= 4 is 10.8 Å². The molecule has 152 valence electrons. The number of pyridine rings is 1. The first kappa shape index (κ1) is 20.0. The predicted octanol–water partition coefficient (Wildman–Crippen LogP) is 6.70. The van der Waals surface area contributed by atoms with E-state index in [1.54, 1.807) is 30.3 Å². The molecule has 2 nitrogen and oxygen atoms in total. The average molecular weight is 411 g/mol. The predicted molar refractivity (Wildman–Crippen MR) is 106 cm³/mol. The molecule has 0 aliphatic heterocycles. The van der Waals surface area contributed by atoms with E-state index < -0.39 is 23.7 Å². The van der Waals surface area contributed by atoms with Gasteiger partial charge in [-0.3, -0.25) is 4.98 Å². The van der Waals surface area contributed by atoms with Crippen molar-refractivity contribution in [1.29, 1.82) is 0 Å². The maximum Gasteiger partial charge on any atom is 0.416 e. The van der Waals surface area contributed by atoms with Crippen LogP contribution in [0.15, 0.2) is 85.2 Å². The Morgan fingerprint density at radius 3 is 2.37 bits per heavy atom. The first-order valence-electron chi connectivity index (χ1n) is 9.29. The van der Waals surface area contributed by atoms with Gasteiger partial charge in [-0.15, -0.1) is 0 Å². The Morgan fingerprint density at radius 2 is 1.57 bits per heavy atom. The largest absolute Gasteiger partial charge is 0.416 e. The van der Waals surface area contributed by atoms with Gasteiger partial charge in [0.1, 0.15) is 11.9 Å². The molecular formula is C24H17F4NO. The quantitative estimate of drug-likeness (QED) is 0.341. The number of rotatable bonds is 5. The number of benzene rings is 3. The van der Waals surface area contributed by atoms with E-state index in [0.717, 1.165) is 29.2 Å². The normalized spacial score (nSPS) is 12.8. The summed E-state index contributed by atoms with van der Waals surface area (Å²) in [4.78, 5) is 3.90. The monoisotopic (exact) mass is 411 g/mol. The molecule has 0 saturated carbocycles. The van der Waals surface area contributed by atoms with E-state index >= 15 is 0 Å². The van der Waals surface area contributed by atoms with Gasteiger partial charge in [0.15, 0.2) is 0 Å². The molecule has 1 atom stereocenters. The summed E-state index contributed by atoms with van der Waals surface area (Å²) in [6.45, 7) is -0.188. The molecule has 0 spiro atoms. The molecular weight excluding hydrogens is 394 g/mol. The molecule has 4 rings (SSSR count). The van der Waals surface area contributed by atoms with Gasteiger partial charge in [0.25, 0.3) is 0 Å². The van der Waals surface area contributed by atoms with Crippen LogP contribution in [0.25, 0.3) is 10.8 Å². The number of fused-ring (bicyclic) bond motifs is 1. The molecule has 30 heavy (non-hydrogen) atoms. The van der Waals surface area contributed by atoms with Crippen molar-refractivity contribution in [2.45, 2.75) is 18.9 Å². The second-order valence-corrected chi connectivity index (χ2v) is 6.81. The summed E-state index contributed by atoms with van der Waals surface area (Å²) in [5.41, 5.74) is -0.121. The number of ether oxygens (including phenoxy) is 1. The standard InChI is InChI=1S/C24H17F4NO/c25-22-11-4-2-7-17(22)15-30-23(20-14-29-13-12-21(20)24(26,27)28)19-10-5-8-16-6-1-3-9-18(16)19/h1-14,23H,15H2. The summed E-state index contributed by atoms with van der Waals surface area (Å²) in [6.07, 6.45) is -3.40. The Balaban J connectivity index is 1.85. The van der Waals surface area contributed by atoms with Crippen LogP contribution in [0.2, 0.25) is 0 Å². The minimum absolute atomic E-state index is 0.113. The van der Waals surface area contributed by atoms with Crippen LogP contribution in [0.5, 0.6) is 0 Å². The third kappa shape index (κ3) is 4.04. The molecule has 1 unspecified atom stereocenters. The minimum Gasteiger partial charge on any atom is -0.364 e. The Kier molecular flexibility index (Phi) is 5.50. The molecule has 0 fully saturated rings. The highest BCUT2D eigenvalue weighted by molar-refractivity contribution is 5.86. The van der Waals surface area contributed by atoms with Gasteiger partial charge in [0.05, 0.1) is 12.2 Å². The maximum atomic E-state index is 14.1. The van der Waals surface area contributed by atoms with Gasteiger partial charge in [-0.25, -0.2) is 4.39 Å². The summed E-state index contributed by atoms with van der Waals surface area (Å²) < 4.78 is 61.2. The number of halogens is 4. The molecule has 0 aliphatic carbocycles. The van der Waals surface area contributed by atoms with Gasteiger partial charge >= 0.3 is 6.18 Å². The number of alkyl halides is 3. The summed E-state index contributed by atoms with van der Waals surface area (Å²) in [7, 11) is 0. The number of hydrogen-bond donors (Lipinski definition) is 0. The molecule has 0 bridgehead atoms. The van der Waals surface area contributed by atoms with E-state index in [1.807, 2.05) is 30.3 Å². The van der Waals surface area contributed by atoms with Crippen LogP contribution in [0.1, 0.15) is 28.4 Å². The zero-order valence-corrected chi connectivity index (χ0v) is 15.7. The highest BCUT2D eigenvalue weighted by Crippen LogP contribution is 2.39. The summed E-state index contributed by atoms with van der Waals surface area (Å²) in [5.74, 6) is -0.476. The molecule has 6 heteroatoms. The Bertz CT molecular complexity index is 1170. The lowest BCUT2D eigenvalue weighted by Crippen LogP contribution is -2.16. The topological polar surface area (TPSA) is 22.1 Å². The van der Waals surface area contributed by atoms with Gasteiger partial charge in [0.2, 0.25) is 0 Å². The molecule has 0 amide bonds. The van der Waals surface area contributed by atoms with Crippen molar-refractivity contribution in [3.05, 3.63) is 113 Å². The van der Waals surface area contributed by atoms with Crippen molar-refractivity contribution in [2.75, 3.05) is 0 Å². The highest BCUT2D eigenvalue weighted by atomic mass is 19.4. The molecule has 4 aromatic rings. The Morgan fingerprint density at radius 1 is 0.833 bits per heavy atom. The third-order valence-electron chi connectivity index (χ3n) is 4.91. The van der Waals surface area contributed by atoms with Gasteiger partial charge in [-0.05, 0) is 28.5 Å². The van der Waals surface area contributed by atoms with E-state index in [0.29, 0.717) is 5.56 Å². The van der Waals surface area contributed by atoms with Crippen LogP contribution >= 0.6 is 0 Å². The van der Waals surface area contributed by atoms with Gasteiger partial charge in [-0.2, -0.15) is 13.2 Å². The van der Waals surface area contributed by atoms with E-state index in [1.165, 1.54) is 6.07 Å². The van der Waals surface area contributed by atoms with Crippen molar-refractivity contribution in [3.63, 3.8) is 0 Å². The lowest BCUT2D eigenvalue weighted by Gasteiger charge is -2.24. The number of hydrogen-bond acceptors (Lipinski definition) is 2. The first-order valence-corrected chi connectivity index (χ1v) is 9.29. The second-order valence-electron chi connectivity index (χ2n) is 6.81. The summed E-state index contributed by atoms with van der Waals surface area (Å²) in [6, 6.07) is 19.7. The highest BCUT2D eigenvalue weighted by Gasteiger charge is 2.36. The van der Waals surface area contributed by atoms with Crippen LogP contribution in [-0.4, -0.2) is 4.98 Å². The third-order valence-corrected chi connectivity index (χ3v) is 4.91. The van der Waals surface area contributed by atoms with E-state index in [4.69, 9.17) is 4.74 Å². The molecule has 3 aromatic carbocycles. The zero-order chi connectivity index (χ0) is 21.1. The molecule has 0 N–H and O–H groups in total. The van der Waals surface area contributed by atoms with Gasteiger partial charge in [0, 0.05) is 23.5 Å².